The van der Waals surface area contributed by atoms with E-state index in [9.17, 15) is 9.59 Å². The fraction of sp³-hybridized carbons (Fsp3) is 0.440. The monoisotopic (exact) mass is 440 g/mol. The van der Waals surface area contributed by atoms with Crippen molar-refractivity contribution >= 4 is 11.8 Å². The molecular formula is C25H32N2O5. The third kappa shape index (κ3) is 5.52. The van der Waals surface area contributed by atoms with Gasteiger partial charge in [-0.2, -0.15) is 0 Å². The zero-order valence-corrected chi connectivity index (χ0v) is 19.3. The van der Waals surface area contributed by atoms with Gasteiger partial charge in [0.2, 0.25) is 11.7 Å². The fourth-order valence-corrected chi connectivity index (χ4v) is 3.92. The number of amides is 2. The van der Waals surface area contributed by atoms with Crippen molar-refractivity contribution in [2.45, 2.75) is 26.2 Å². The van der Waals surface area contributed by atoms with Crippen molar-refractivity contribution in [2.75, 3.05) is 47.5 Å². The molecule has 0 N–H and O–H groups in total. The van der Waals surface area contributed by atoms with Crippen LogP contribution in [0.3, 0.4) is 0 Å². The molecule has 7 nitrogen and oxygen atoms in total. The van der Waals surface area contributed by atoms with Crippen LogP contribution in [0.2, 0.25) is 0 Å². The van der Waals surface area contributed by atoms with E-state index in [4.69, 9.17) is 14.2 Å². The average Bonchev–Trinajstić information content (AvgIpc) is 3.08. The maximum atomic E-state index is 13.2. The number of hydrogen-bond acceptors (Lipinski definition) is 5. The number of ether oxygens (including phenoxy) is 3. The molecule has 3 rings (SSSR count). The Balaban J connectivity index is 1.62. The minimum atomic E-state index is -0.113. The van der Waals surface area contributed by atoms with Gasteiger partial charge in [0.1, 0.15) is 0 Å². The molecule has 0 bridgehead atoms. The van der Waals surface area contributed by atoms with Gasteiger partial charge in [-0.3, -0.25) is 9.59 Å². The van der Waals surface area contributed by atoms with Gasteiger partial charge in [0.15, 0.2) is 11.5 Å². The predicted octanol–water partition coefficient (Wildman–Crippen LogP) is 3.33. The molecule has 0 radical (unpaired) electrons. The lowest BCUT2D eigenvalue weighted by Gasteiger charge is -2.23. The summed E-state index contributed by atoms with van der Waals surface area (Å²) in [6.45, 7) is 4.33. The first kappa shape index (κ1) is 23.4. The highest BCUT2D eigenvalue weighted by Crippen LogP contribution is 2.38. The number of carbonyl (C=O) groups is 2. The summed E-state index contributed by atoms with van der Waals surface area (Å²) in [5.41, 5.74) is 2.85. The molecule has 1 aliphatic rings. The minimum Gasteiger partial charge on any atom is -0.493 e. The Morgan fingerprint density at radius 2 is 1.44 bits per heavy atom. The van der Waals surface area contributed by atoms with Crippen molar-refractivity contribution in [1.82, 2.24) is 9.80 Å². The Morgan fingerprint density at radius 3 is 2.03 bits per heavy atom. The average molecular weight is 441 g/mol. The maximum absolute atomic E-state index is 13.2. The van der Waals surface area contributed by atoms with Crippen LogP contribution in [-0.4, -0.2) is 69.1 Å². The van der Waals surface area contributed by atoms with Crippen molar-refractivity contribution < 1.29 is 23.8 Å². The van der Waals surface area contributed by atoms with Gasteiger partial charge < -0.3 is 24.0 Å². The largest absolute Gasteiger partial charge is 0.493 e. The topological polar surface area (TPSA) is 68.3 Å². The Morgan fingerprint density at radius 1 is 0.844 bits per heavy atom. The molecule has 2 aromatic carbocycles. The third-order valence-corrected chi connectivity index (χ3v) is 5.80. The number of rotatable bonds is 7. The summed E-state index contributed by atoms with van der Waals surface area (Å²) in [4.78, 5) is 29.6. The smallest absolute Gasteiger partial charge is 0.254 e. The van der Waals surface area contributed by atoms with E-state index in [1.54, 1.807) is 17.0 Å². The van der Waals surface area contributed by atoms with Gasteiger partial charge in [-0.05, 0) is 37.5 Å². The number of aryl methyl sites for hydroxylation is 2. The second-order valence-corrected chi connectivity index (χ2v) is 7.93. The van der Waals surface area contributed by atoms with E-state index in [1.807, 2.05) is 4.90 Å². The summed E-state index contributed by atoms with van der Waals surface area (Å²) in [6, 6.07) is 11.6. The molecule has 0 unspecified atom stereocenters. The molecule has 0 atom stereocenters. The first-order valence-corrected chi connectivity index (χ1v) is 10.9. The number of nitrogens with zero attached hydrogens (tertiary/aromatic N) is 2. The van der Waals surface area contributed by atoms with E-state index in [1.165, 1.54) is 26.9 Å². The number of carbonyl (C=O) groups excluding carboxylic acids is 2. The van der Waals surface area contributed by atoms with Gasteiger partial charge in [-0.25, -0.2) is 0 Å². The van der Waals surface area contributed by atoms with Crippen LogP contribution in [0.4, 0.5) is 0 Å². The van der Waals surface area contributed by atoms with Gasteiger partial charge >= 0.3 is 0 Å². The fourth-order valence-electron chi connectivity index (χ4n) is 3.92. The second kappa shape index (κ2) is 10.9. The third-order valence-electron chi connectivity index (χ3n) is 5.80. The SMILES string of the molecule is COc1cc(C(=O)N2CCCN(C(=O)CCc3ccc(C)cc3)CC2)cc(OC)c1OC. The molecule has 1 fully saturated rings. The van der Waals surface area contributed by atoms with E-state index in [-0.39, 0.29) is 11.8 Å². The minimum absolute atomic E-state index is 0.113. The highest BCUT2D eigenvalue weighted by Gasteiger charge is 2.25. The van der Waals surface area contributed by atoms with Crippen molar-refractivity contribution in [2.24, 2.45) is 0 Å². The van der Waals surface area contributed by atoms with Crippen LogP contribution in [0.1, 0.15) is 34.3 Å². The zero-order valence-electron chi connectivity index (χ0n) is 19.3. The van der Waals surface area contributed by atoms with Gasteiger partial charge in [0.05, 0.1) is 21.3 Å². The molecule has 0 spiro atoms. The molecule has 2 aromatic rings. The van der Waals surface area contributed by atoms with E-state index < -0.39 is 0 Å². The predicted molar refractivity (Wildman–Crippen MR) is 123 cm³/mol. The quantitative estimate of drug-likeness (QED) is 0.661. The first-order chi connectivity index (χ1) is 15.5. The van der Waals surface area contributed by atoms with Gasteiger partial charge in [-0.15, -0.1) is 0 Å². The molecule has 0 aliphatic carbocycles. The number of benzene rings is 2. The first-order valence-electron chi connectivity index (χ1n) is 10.9. The van der Waals surface area contributed by atoms with Gasteiger partial charge in [0.25, 0.3) is 5.91 Å². The normalized spacial score (nSPS) is 14.0. The molecule has 32 heavy (non-hydrogen) atoms. The van der Waals surface area contributed by atoms with Crippen LogP contribution in [0, 0.1) is 6.92 Å². The van der Waals surface area contributed by atoms with Crippen LogP contribution in [-0.2, 0) is 11.2 Å². The van der Waals surface area contributed by atoms with Crippen LogP contribution < -0.4 is 14.2 Å². The van der Waals surface area contributed by atoms with Crippen molar-refractivity contribution in [1.29, 1.82) is 0 Å². The van der Waals surface area contributed by atoms with E-state index in [0.717, 1.165) is 18.4 Å². The summed E-state index contributed by atoms with van der Waals surface area (Å²) < 4.78 is 16.1. The molecule has 2 amide bonds. The molecule has 0 aromatic heterocycles. The van der Waals surface area contributed by atoms with E-state index >= 15 is 0 Å². The summed E-state index contributed by atoms with van der Waals surface area (Å²) in [5, 5.41) is 0. The summed E-state index contributed by atoms with van der Waals surface area (Å²) >= 11 is 0. The summed E-state index contributed by atoms with van der Waals surface area (Å²) in [7, 11) is 4.58. The second-order valence-electron chi connectivity index (χ2n) is 7.93. The van der Waals surface area contributed by atoms with Crippen LogP contribution in [0.15, 0.2) is 36.4 Å². The molecular weight excluding hydrogens is 408 g/mol. The molecule has 1 aliphatic heterocycles. The standard InChI is InChI=1S/C25H32N2O5/c1-18-6-8-19(9-7-18)10-11-23(28)26-12-5-13-27(15-14-26)25(29)20-16-21(30-2)24(32-4)22(17-20)31-3/h6-9,16-17H,5,10-15H2,1-4H3. The highest BCUT2D eigenvalue weighted by molar-refractivity contribution is 5.95. The molecule has 172 valence electrons. The van der Waals surface area contributed by atoms with Gasteiger partial charge in [0, 0.05) is 38.2 Å². The Labute approximate surface area is 189 Å². The van der Waals surface area contributed by atoms with Crippen molar-refractivity contribution in [3.63, 3.8) is 0 Å². The molecule has 1 saturated heterocycles. The number of methoxy groups -OCH3 is 3. The van der Waals surface area contributed by atoms with E-state index in [0.29, 0.717) is 55.4 Å². The highest BCUT2D eigenvalue weighted by atomic mass is 16.5. The molecule has 1 heterocycles. The summed E-state index contributed by atoms with van der Waals surface area (Å²) in [6.07, 6.45) is 1.94. The maximum Gasteiger partial charge on any atom is 0.254 e. The van der Waals surface area contributed by atoms with Crippen LogP contribution >= 0.6 is 0 Å². The van der Waals surface area contributed by atoms with Crippen LogP contribution in [0.5, 0.6) is 17.2 Å². The Hall–Kier alpha value is -3.22. The molecule has 7 heteroatoms. The summed E-state index contributed by atoms with van der Waals surface area (Å²) in [5.74, 6) is 1.36. The van der Waals surface area contributed by atoms with Crippen molar-refractivity contribution in [3.8, 4) is 17.2 Å². The Bertz CT molecular complexity index is 917. The number of hydrogen-bond donors (Lipinski definition) is 0. The van der Waals surface area contributed by atoms with E-state index in [2.05, 4.69) is 31.2 Å². The van der Waals surface area contributed by atoms with Gasteiger partial charge in [-0.1, -0.05) is 29.8 Å². The lowest BCUT2D eigenvalue weighted by atomic mass is 10.1. The zero-order chi connectivity index (χ0) is 23.1. The lowest BCUT2D eigenvalue weighted by molar-refractivity contribution is -0.131. The van der Waals surface area contributed by atoms with Crippen LogP contribution in [0.25, 0.3) is 0 Å². The lowest BCUT2D eigenvalue weighted by Crippen LogP contribution is -2.37. The van der Waals surface area contributed by atoms with Crippen molar-refractivity contribution in [3.05, 3.63) is 53.1 Å². The Kier molecular flexibility index (Phi) is 7.98. The molecule has 0 saturated carbocycles.